The van der Waals surface area contributed by atoms with Crippen LogP contribution in [-0.4, -0.2) is 11.6 Å². The van der Waals surface area contributed by atoms with Crippen LogP contribution in [0.1, 0.15) is 11.1 Å². The molecule has 0 spiro atoms. The van der Waals surface area contributed by atoms with Crippen LogP contribution in [0, 0.1) is 13.8 Å². The maximum absolute atomic E-state index is 10.3. The van der Waals surface area contributed by atoms with E-state index < -0.39 is 7.94 Å². The molecule has 3 nitrogen and oxygen atoms in total. The first-order valence-electron chi connectivity index (χ1n) is 6.06. The van der Waals surface area contributed by atoms with Crippen molar-refractivity contribution in [3.05, 3.63) is 59.7 Å². The highest BCUT2D eigenvalue weighted by Crippen LogP contribution is 2.52. The maximum Gasteiger partial charge on any atom is 0.492 e. The SMILES string of the molecule is Cc1cccc(O[P+](C)(O)Oc2cccc(C)c2)c1. The number of hydrogen-bond donors (Lipinski definition) is 1. The van der Waals surface area contributed by atoms with Gasteiger partial charge in [-0.25, -0.2) is 0 Å². The van der Waals surface area contributed by atoms with E-state index in [2.05, 4.69) is 0 Å². The molecule has 0 amide bonds. The van der Waals surface area contributed by atoms with Crippen LogP contribution in [0.2, 0.25) is 0 Å². The first kappa shape index (κ1) is 13.9. The molecule has 0 atom stereocenters. The van der Waals surface area contributed by atoms with Crippen molar-refractivity contribution < 1.29 is 13.9 Å². The van der Waals surface area contributed by atoms with Crippen molar-refractivity contribution in [2.75, 3.05) is 6.66 Å². The summed E-state index contributed by atoms with van der Waals surface area (Å²) in [5.74, 6) is 1.23. The van der Waals surface area contributed by atoms with Crippen molar-refractivity contribution in [2.45, 2.75) is 13.8 Å². The highest BCUT2D eigenvalue weighted by atomic mass is 31.2. The van der Waals surface area contributed by atoms with Crippen molar-refractivity contribution >= 4 is 7.94 Å². The Morgan fingerprint density at radius 2 is 1.26 bits per heavy atom. The Morgan fingerprint density at radius 3 is 1.63 bits per heavy atom. The zero-order chi connectivity index (χ0) is 13.9. The Kier molecular flexibility index (Phi) is 4.08. The van der Waals surface area contributed by atoms with E-state index in [9.17, 15) is 4.89 Å². The molecule has 1 N–H and O–H groups in total. The van der Waals surface area contributed by atoms with Gasteiger partial charge in [-0.15, -0.1) is 0 Å². The van der Waals surface area contributed by atoms with E-state index in [1.165, 1.54) is 0 Å². The lowest BCUT2D eigenvalue weighted by Gasteiger charge is -2.14. The zero-order valence-corrected chi connectivity index (χ0v) is 12.2. The quantitative estimate of drug-likeness (QED) is 0.853. The van der Waals surface area contributed by atoms with Crippen LogP contribution in [0.4, 0.5) is 0 Å². The van der Waals surface area contributed by atoms with Crippen molar-refractivity contribution in [1.82, 2.24) is 0 Å². The molecular weight excluding hydrogens is 259 g/mol. The molecule has 0 aliphatic heterocycles. The van der Waals surface area contributed by atoms with Crippen LogP contribution in [0.5, 0.6) is 11.5 Å². The Bertz CT molecular complexity index is 517. The Balaban J connectivity index is 2.10. The summed E-state index contributed by atoms with van der Waals surface area (Å²) in [6.07, 6.45) is 0. The van der Waals surface area contributed by atoms with Crippen LogP contribution in [0.25, 0.3) is 0 Å². The average molecular weight is 277 g/mol. The fraction of sp³-hybridized carbons (Fsp3) is 0.200. The Morgan fingerprint density at radius 1 is 0.842 bits per heavy atom. The third kappa shape index (κ3) is 4.23. The molecule has 0 radical (unpaired) electrons. The van der Waals surface area contributed by atoms with Gasteiger partial charge in [0.25, 0.3) is 0 Å². The fourth-order valence-electron chi connectivity index (χ4n) is 1.75. The second kappa shape index (κ2) is 5.60. The van der Waals surface area contributed by atoms with Crippen molar-refractivity contribution in [1.29, 1.82) is 0 Å². The van der Waals surface area contributed by atoms with Gasteiger partial charge in [0.1, 0.15) is 6.66 Å². The van der Waals surface area contributed by atoms with Crippen LogP contribution in [0.3, 0.4) is 0 Å². The Labute approximate surface area is 114 Å². The van der Waals surface area contributed by atoms with Gasteiger partial charge >= 0.3 is 7.94 Å². The van der Waals surface area contributed by atoms with Gasteiger partial charge in [0.05, 0.1) is 0 Å². The second-order valence-electron chi connectivity index (χ2n) is 4.62. The second-order valence-corrected chi connectivity index (χ2v) is 6.59. The summed E-state index contributed by atoms with van der Waals surface area (Å²) >= 11 is 0. The number of aryl methyl sites for hydroxylation is 2. The summed E-state index contributed by atoms with van der Waals surface area (Å²) in [5.41, 5.74) is 2.15. The first-order valence-corrected chi connectivity index (χ1v) is 8.09. The fourth-order valence-corrected chi connectivity index (χ4v) is 2.80. The molecule has 4 heteroatoms. The molecule has 100 valence electrons. The van der Waals surface area contributed by atoms with Gasteiger partial charge < -0.3 is 0 Å². The smallest absolute Gasteiger partial charge is 0.278 e. The minimum Gasteiger partial charge on any atom is -0.278 e. The molecule has 0 fully saturated rings. The van der Waals surface area contributed by atoms with Crippen molar-refractivity contribution in [3.8, 4) is 11.5 Å². The lowest BCUT2D eigenvalue weighted by atomic mass is 10.2. The highest BCUT2D eigenvalue weighted by molar-refractivity contribution is 7.60. The predicted molar refractivity (Wildman–Crippen MR) is 78.7 cm³/mol. The lowest BCUT2D eigenvalue weighted by Crippen LogP contribution is -2.06. The molecule has 19 heavy (non-hydrogen) atoms. The van der Waals surface area contributed by atoms with Gasteiger partial charge in [0, 0.05) is 0 Å². The summed E-state index contributed by atoms with van der Waals surface area (Å²) in [4.78, 5) is 10.3. The van der Waals surface area contributed by atoms with E-state index in [-0.39, 0.29) is 0 Å². The molecule has 0 aliphatic carbocycles. The van der Waals surface area contributed by atoms with Gasteiger partial charge in [-0.3, -0.25) is 9.05 Å². The number of rotatable bonds is 4. The van der Waals surface area contributed by atoms with Crippen LogP contribution >= 0.6 is 7.94 Å². The standard InChI is InChI=1S/C15H18O3P/c1-12-6-4-8-14(10-12)17-19(3,16)18-15-9-5-7-13(2)11-15/h4-11,16H,1-3H3/q+1. The van der Waals surface area contributed by atoms with E-state index in [0.717, 1.165) is 11.1 Å². The van der Waals surface area contributed by atoms with Crippen LogP contribution in [0.15, 0.2) is 48.5 Å². The summed E-state index contributed by atoms with van der Waals surface area (Å²) in [6, 6.07) is 15.1. The minimum atomic E-state index is -2.93. The van der Waals surface area contributed by atoms with Gasteiger partial charge in [-0.1, -0.05) is 24.3 Å². The summed E-state index contributed by atoms with van der Waals surface area (Å²) in [6.45, 7) is 5.53. The van der Waals surface area contributed by atoms with Crippen LogP contribution in [-0.2, 0) is 0 Å². The first-order chi connectivity index (χ1) is 8.94. The molecule has 0 saturated heterocycles. The molecule has 0 aliphatic rings. The summed E-state index contributed by atoms with van der Waals surface area (Å²) in [5, 5.41) is 0. The van der Waals surface area contributed by atoms with E-state index in [4.69, 9.17) is 9.05 Å². The third-order valence-corrected chi connectivity index (χ3v) is 3.63. The average Bonchev–Trinajstić information content (AvgIpc) is 2.27. The van der Waals surface area contributed by atoms with Gasteiger partial charge in [0.2, 0.25) is 0 Å². The van der Waals surface area contributed by atoms with E-state index in [1.54, 1.807) is 18.8 Å². The van der Waals surface area contributed by atoms with E-state index in [1.807, 2.05) is 50.2 Å². The summed E-state index contributed by atoms with van der Waals surface area (Å²) < 4.78 is 11.1. The normalized spacial score (nSPS) is 11.2. The molecule has 0 saturated carbocycles. The van der Waals surface area contributed by atoms with E-state index in [0.29, 0.717) is 11.5 Å². The van der Waals surface area contributed by atoms with Gasteiger partial charge in [-0.2, -0.15) is 4.89 Å². The zero-order valence-electron chi connectivity index (χ0n) is 11.3. The number of benzene rings is 2. The monoisotopic (exact) mass is 277 g/mol. The molecule has 2 aromatic rings. The molecule has 0 bridgehead atoms. The van der Waals surface area contributed by atoms with Gasteiger partial charge in [0.15, 0.2) is 11.5 Å². The van der Waals surface area contributed by atoms with Crippen LogP contribution < -0.4 is 9.05 Å². The predicted octanol–water partition coefficient (Wildman–Crippen LogP) is 4.15. The minimum absolute atomic E-state index is 0.617. The number of hydrogen-bond acceptors (Lipinski definition) is 3. The maximum atomic E-state index is 10.3. The molecule has 2 aromatic carbocycles. The lowest BCUT2D eigenvalue weighted by molar-refractivity contribution is 0.355. The Hall–Kier alpha value is -1.57. The van der Waals surface area contributed by atoms with Gasteiger partial charge in [-0.05, 0) is 49.2 Å². The largest absolute Gasteiger partial charge is 0.492 e. The molecule has 0 heterocycles. The van der Waals surface area contributed by atoms with Crippen molar-refractivity contribution in [3.63, 3.8) is 0 Å². The van der Waals surface area contributed by atoms with E-state index >= 15 is 0 Å². The highest BCUT2D eigenvalue weighted by Gasteiger charge is 2.36. The molecular formula is C15H18O3P+. The molecule has 2 rings (SSSR count). The molecule has 0 aromatic heterocycles. The summed E-state index contributed by atoms with van der Waals surface area (Å²) in [7, 11) is -2.93. The molecule has 0 unspecified atom stereocenters. The van der Waals surface area contributed by atoms with Crippen molar-refractivity contribution in [2.24, 2.45) is 0 Å². The third-order valence-electron chi connectivity index (χ3n) is 2.53. The topological polar surface area (TPSA) is 38.7 Å².